The molecule has 0 bridgehead atoms. The van der Waals surface area contributed by atoms with Gasteiger partial charge >= 0.3 is 6.18 Å². The maximum atomic E-state index is 13.5. The second kappa shape index (κ2) is 7.30. The van der Waals surface area contributed by atoms with Crippen LogP contribution in [0.15, 0.2) is 54.7 Å². The predicted octanol–water partition coefficient (Wildman–Crippen LogP) is 4.39. The molecule has 4 rings (SSSR count). The number of anilines is 2. The minimum absolute atomic E-state index is 0.0872. The summed E-state index contributed by atoms with van der Waals surface area (Å²) in [5.41, 5.74) is -0.0953. The first-order valence-corrected chi connectivity index (χ1v) is 8.53. The van der Waals surface area contributed by atoms with Gasteiger partial charge < -0.3 is 5.32 Å². The van der Waals surface area contributed by atoms with Crippen LogP contribution in [0.5, 0.6) is 0 Å². The summed E-state index contributed by atoms with van der Waals surface area (Å²) in [5, 5.41) is 9.54. The minimum Gasteiger partial charge on any atom is -0.307 e. The molecule has 3 heterocycles. The zero-order valence-electron chi connectivity index (χ0n) is 15.1. The van der Waals surface area contributed by atoms with Crippen molar-refractivity contribution in [3.05, 3.63) is 66.1 Å². The van der Waals surface area contributed by atoms with Gasteiger partial charge in [0, 0.05) is 17.8 Å². The quantitative estimate of drug-likeness (QED) is 0.530. The van der Waals surface area contributed by atoms with E-state index in [0.29, 0.717) is 17.2 Å². The minimum atomic E-state index is -4.55. The molecule has 7 nitrogen and oxygen atoms in total. The fourth-order valence-corrected chi connectivity index (χ4v) is 2.72. The SMILES string of the molecule is Cc1nc(Nc2cc(-c3ccccn3)nc(-c3ccccc3C(F)(F)F)n2)n[nH]1. The molecule has 0 aliphatic heterocycles. The third-order valence-corrected chi connectivity index (χ3v) is 3.96. The zero-order valence-corrected chi connectivity index (χ0v) is 15.1. The molecule has 0 amide bonds. The summed E-state index contributed by atoms with van der Waals surface area (Å²) in [6, 6.07) is 12.0. The molecule has 0 atom stereocenters. The van der Waals surface area contributed by atoms with Gasteiger partial charge in [0.15, 0.2) is 5.82 Å². The molecule has 0 unspecified atom stereocenters. The maximum absolute atomic E-state index is 13.5. The number of benzene rings is 1. The van der Waals surface area contributed by atoms with Crippen molar-refractivity contribution in [1.29, 1.82) is 0 Å². The summed E-state index contributed by atoms with van der Waals surface area (Å²) < 4.78 is 40.5. The Morgan fingerprint density at radius 1 is 0.931 bits per heavy atom. The lowest BCUT2D eigenvalue weighted by Gasteiger charge is -2.13. The van der Waals surface area contributed by atoms with Crippen molar-refractivity contribution in [3.63, 3.8) is 0 Å². The summed E-state index contributed by atoms with van der Waals surface area (Å²) in [7, 11) is 0. The molecule has 2 N–H and O–H groups in total. The first-order chi connectivity index (χ1) is 13.9. The van der Waals surface area contributed by atoms with Gasteiger partial charge in [-0.1, -0.05) is 24.3 Å². The number of halogens is 3. The van der Waals surface area contributed by atoms with Gasteiger partial charge in [0.05, 0.1) is 17.0 Å². The van der Waals surface area contributed by atoms with Crippen LogP contribution in [0.1, 0.15) is 11.4 Å². The molecule has 0 spiro atoms. The second-order valence-electron chi connectivity index (χ2n) is 6.09. The van der Waals surface area contributed by atoms with Gasteiger partial charge in [-0.05, 0) is 25.1 Å². The normalized spacial score (nSPS) is 11.4. The highest BCUT2D eigenvalue weighted by atomic mass is 19.4. The molecule has 0 aliphatic carbocycles. The van der Waals surface area contributed by atoms with E-state index >= 15 is 0 Å². The van der Waals surface area contributed by atoms with Crippen molar-refractivity contribution in [3.8, 4) is 22.8 Å². The Morgan fingerprint density at radius 3 is 2.41 bits per heavy atom. The highest BCUT2D eigenvalue weighted by Crippen LogP contribution is 2.36. The van der Waals surface area contributed by atoms with Crippen LogP contribution in [-0.2, 0) is 6.18 Å². The first kappa shape index (κ1) is 18.5. The third-order valence-electron chi connectivity index (χ3n) is 3.96. The topological polar surface area (TPSA) is 92.3 Å². The molecular weight excluding hydrogens is 383 g/mol. The number of hydrogen-bond acceptors (Lipinski definition) is 6. The molecule has 0 saturated heterocycles. The largest absolute Gasteiger partial charge is 0.417 e. The molecule has 0 fully saturated rings. The van der Waals surface area contributed by atoms with E-state index < -0.39 is 11.7 Å². The Morgan fingerprint density at radius 2 is 1.72 bits per heavy atom. The third kappa shape index (κ3) is 4.05. The van der Waals surface area contributed by atoms with Crippen LogP contribution in [0.25, 0.3) is 22.8 Å². The molecule has 146 valence electrons. The van der Waals surface area contributed by atoms with E-state index in [1.54, 1.807) is 37.4 Å². The van der Waals surface area contributed by atoms with Gasteiger partial charge in [0.1, 0.15) is 11.6 Å². The number of pyridine rings is 1. The summed E-state index contributed by atoms with van der Waals surface area (Å²) in [6.07, 6.45) is -2.97. The van der Waals surface area contributed by atoms with Crippen molar-refractivity contribution in [2.24, 2.45) is 0 Å². The van der Waals surface area contributed by atoms with Gasteiger partial charge in [-0.3, -0.25) is 10.1 Å². The fourth-order valence-electron chi connectivity index (χ4n) is 2.72. The van der Waals surface area contributed by atoms with Gasteiger partial charge in [0.25, 0.3) is 0 Å². The highest BCUT2D eigenvalue weighted by molar-refractivity contribution is 5.69. The number of aromatic amines is 1. The molecule has 10 heteroatoms. The molecular formula is C19H14F3N7. The van der Waals surface area contributed by atoms with E-state index in [1.165, 1.54) is 18.2 Å². The fraction of sp³-hybridized carbons (Fsp3) is 0.105. The monoisotopic (exact) mass is 397 g/mol. The van der Waals surface area contributed by atoms with E-state index in [4.69, 9.17) is 0 Å². The second-order valence-corrected chi connectivity index (χ2v) is 6.09. The summed E-state index contributed by atoms with van der Waals surface area (Å²) in [4.78, 5) is 17.0. The predicted molar refractivity (Wildman–Crippen MR) is 100 cm³/mol. The van der Waals surface area contributed by atoms with E-state index in [2.05, 4.69) is 35.5 Å². The Bertz CT molecular complexity index is 1140. The van der Waals surface area contributed by atoms with Gasteiger partial charge in [-0.25, -0.2) is 9.97 Å². The average molecular weight is 397 g/mol. The van der Waals surface area contributed by atoms with Crippen LogP contribution in [0, 0.1) is 6.92 Å². The Labute approximate surface area is 163 Å². The lowest BCUT2D eigenvalue weighted by atomic mass is 10.1. The average Bonchev–Trinajstić information content (AvgIpc) is 3.12. The number of aryl methyl sites for hydroxylation is 1. The molecule has 4 aromatic rings. The molecule has 0 saturated carbocycles. The lowest BCUT2D eigenvalue weighted by molar-refractivity contribution is -0.137. The van der Waals surface area contributed by atoms with E-state index in [-0.39, 0.29) is 23.2 Å². The molecule has 1 aromatic carbocycles. The van der Waals surface area contributed by atoms with E-state index in [1.807, 2.05) is 0 Å². The molecule has 0 aliphatic rings. The van der Waals surface area contributed by atoms with Crippen molar-refractivity contribution in [2.75, 3.05) is 5.32 Å². The number of nitrogens with one attached hydrogen (secondary N) is 2. The number of rotatable bonds is 4. The van der Waals surface area contributed by atoms with Crippen LogP contribution in [0.3, 0.4) is 0 Å². The Balaban J connectivity index is 1.87. The van der Waals surface area contributed by atoms with Crippen molar-refractivity contribution in [1.82, 2.24) is 30.1 Å². The number of hydrogen-bond donors (Lipinski definition) is 2. The zero-order chi connectivity index (χ0) is 20.4. The molecule has 0 radical (unpaired) electrons. The van der Waals surface area contributed by atoms with Crippen molar-refractivity contribution < 1.29 is 13.2 Å². The molecule has 29 heavy (non-hydrogen) atoms. The van der Waals surface area contributed by atoms with Crippen LogP contribution in [0.4, 0.5) is 24.9 Å². The van der Waals surface area contributed by atoms with Gasteiger partial charge in [-0.15, -0.1) is 5.10 Å². The summed E-state index contributed by atoms with van der Waals surface area (Å²) in [5.74, 6) is 0.972. The maximum Gasteiger partial charge on any atom is 0.417 e. The standard InChI is InChI=1S/C19H14F3N7/c1-11-24-18(29-28-11)27-16-10-15(14-8-4-5-9-23-14)25-17(26-16)12-6-2-3-7-13(12)19(20,21)22/h2-10H,1H3,(H2,24,25,26,27,28,29). The first-order valence-electron chi connectivity index (χ1n) is 8.53. The van der Waals surface area contributed by atoms with Crippen LogP contribution in [0.2, 0.25) is 0 Å². The van der Waals surface area contributed by atoms with Crippen molar-refractivity contribution in [2.45, 2.75) is 13.1 Å². The smallest absolute Gasteiger partial charge is 0.307 e. The number of H-pyrrole nitrogens is 1. The van der Waals surface area contributed by atoms with Gasteiger partial charge in [0.2, 0.25) is 5.95 Å². The number of alkyl halides is 3. The lowest BCUT2D eigenvalue weighted by Crippen LogP contribution is -2.09. The van der Waals surface area contributed by atoms with Gasteiger partial charge in [-0.2, -0.15) is 18.2 Å². The number of nitrogens with zero attached hydrogens (tertiary/aromatic N) is 5. The van der Waals surface area contributed by atoms with Crippen LogP contribution < -0.4 is 5.32 Å². The Kier molecular flexibility index (Phi) is 4.67. The van der Waals surface area contributed by atoms with Crippen molar-refractivity contribution >= 4 is 11.8 Å². The molecule has 3 aromatic heterocycles. The highest BCUT2D eigenvalue weighted by Gasteiger charge is 2.34. The van der Waals surface area contributed by atoms with E-state index in [9.17, 15) is 13.2 Å². The van der Waals surface area contributed by atoms with Crippen LogP contribution >= 0.6 is 0 Å². The summed E-state index contributed by atoms with van der Waals surface area (Å²) >= 11 is 0. The Hall–Kier alpha value is -3.82. The van der Waals surface area contributed by atoms with Crippen LogP contribution in [-0.4, -0.2) is 30.1 Å². The number of aromatic nitrogens is 6. The van der Waals surface area contributed by atoms with E-state index in [0.717, 1.165) is 6.07 Å². The summed E-state index contributed by atoms with van der Waals surface area (Å²) in [6.45, 7) is 1.72.